The van der Waals surface area contributed by atoms with E-state index in [9.17, 15) is 0 Å². The first-order chi connectivity index (χ1) is 11.9. The van der Waals surface area contributed by atoms with Crippen molar-refractivity contribution >= 4 is 0 Å². The summed E-state index contributed by atoms with van der Waals surface area (Å²) in [5.41, 5.74) is 5.16. The molecule has 4 rings (SSSR count). The molecule has 3 aromatic carbocycles. The third-order valence-electron chi connectivity index (χ3n) is 3.78. The molecule has 1 aromatic heterocycles. The van der Waals surface area contributed by atoms with Crippen LogP contribution in [-0.4, -0.2) is 4.98 Å². The van der Waals surface area contributed by atoms with Gasteiger partial charge in [0.15, 0.2) is 0 Å². The van der Waals surface area contributed by atoms with E-state index in [1.807, 2.05) is 30.5 Å². The lowest BCUT2D eigenvalue weighted by Gasteiger charge is -1.98. The molecule has 0 aliphatic heterocycles. The second-order valence-corrected chi connectivity index (χ2v) is 5.59. The molecule has 0 radical (unpaired) electrons. The second kappa shape index (κ2) is 8.54. The normalized spacial score (nSPS) is 9.83. The molecule has 0 atom stereocenters. The fourth-order valence-electron chi connectivity index (χ4n) is 2.55. The van der Waals surface area contributed by atoms with E-state index in [4.69, 9.17) is 0 Å². The molecule has 0 aliphatic carbocycles. The molecular formula is C23H21N. The molecule has 0 amide bonds. The number of H-pyrrole nitrogens is 1. The van der Waals surface area contributed by atoms with Gasteiger partial charge in [0.05, 0.1) is 0 Å². The Balaban J connectivity index is 0.000000141. The Bertz CT molecular complexity index is 766. The zero-order valence-corrected chi connectivity index (χ0v) is 13.6. The Morgan fingerprint density at radius 1 is 0.500 bits per heavy atom. The molecule has 1 nitrogen and oxygen atoms in total. The SMILES string of the molecule is c1ccc(-c2ccccc2)cc1.c1ccc(Cc2ccc[nH]2)cc1. The van der Waals surface area contributed by atoms with E-state index >= 15 is 0 Å². The van der Waals surface area contributed by atoms with E-state index in [2.05, 4.69) is 83.8 Å². The molecule has 0 bridgehead atoms. The number of hydrogen-bond donors (Lipinski definition) is 1. The average Bonchev–Trinajstić information content (AvgIpc) is 3.18. The Morgan fingerprint density at radius 2 is 1.00 bits per heavy atom. The van der Waals surface area contributed by atoms with Crippen LogP contribution in [0.2, 0.25) is 0 Å². The van der Waals surface area contributed by atoms with E-state index in [-0.39, 0.29) is 0 Å². The van der Waals surface area contributed by atoms with Crippen molar-refractivity contribution < 1.29 is 0 Å². The highest BCUT2D eigenvalue weighted by Gasteiger charge is 1.94. The second-order valence-electron chi connectivity index (χ2n) is 5.59. The maximum atomic E-state index is 3.19. The summed E-state index contributed by atoms with van der Waals surface area (Å²) >= 11 is 0. The number of hydrogen-bond acceptors (Lipinski definition) is 0. The monoisotopic (exact) mass is 311 g/mol. The van der Waals surface area contributed by atoms with Crippen molar-refractivity contribution in [3.8, 4) is 11.1 Å². The van der Waals surface area contributed by atoms with Gasteiger partial charge in [0.1, 0.15) is 0 Å². The first-order valence-electron chi connectivity index (χ1n) is 8.18. The summed E-state index contributed by atoms with van der Waals surface area (Å²) < 4.78 is 0. The van der Waals surface area contributed by atoms with Gasteiger partial charge in [-0.05, 0) is 28.8 Å². The Hall–Kier alpha value is -3.06. The minimum atomic E-state index is 0.994. The van der Waals surface area contributed by atoms with Gasteiger partial charge in [0.25, 0.3) is 0 Å². The standard InChI is InChI=1S/C12H10.C11H11N/c1-3-7-11(8-4-1)12-9-5-2-6-10-12;1-2-5-10(6-3-1)9-11-7-4-8-12-11/h1-10H;1-8,12H,9H2. The number of aromatic nitrogens is 1. The third-order valence-corrected chi connectivity index (χ3v) is 3.78. The van der Waals surface area contributed by atoms with E-state index < -0.39 is 0 Å². The van der Waals surface area contributed by atoms with E-state index in [0.29, 0.717) is 0 Å². The van der Waals surface area contributed by atoms with Crippen LogP contribution in [0.4, 0.5) is 0 Å². The van der Waals surface area contributed by atoms with E-state index in [0.717, 1.165) is 6.42 Å². The predicted octanol–water partition coefficient (Wildman–Crippen LogP) is 5.96. The lowest BCUT2D eigenvalue weighted by atomic mass is 10.1. The van der Waals surface area contributed by atoms with Gasteiger partial charge in [-0.15, -0.1) is 0 Å². The maximum absolute atomic E-state index is 3.19. The summed E-state index contributed by atoms with van der Waals surface area (Å²) in [6.45, 7) is 0. The lowest BCUT2D eigenvalue weighted by Crippen LogP contribution is -1.86. The highest BCUT2D eigenvalue weighted by Crippen LogP contribution is 2.17. The van der Waals surface area contributed by atoms with E-state index in [1.54, 1.807) is 0 Å². The Labute approximate surface area is 143 Å². The summed E-state index contributed by atoms with van der Waals surface area (Å²) in [7, 11) is 0. The van der Waals surface area contributed by atoms with Crippen molar-refractivity contribution in [1.29, 1.82) is 0 Å². The number of aromatic amines is 1. The van der Waals surface area contributed by atoms with Crippen LogP contribution in [0, 0.1) is 0 Å². The predicted molar refractivity (Wildman–Crippen MR) is 102 cm³/mol. The molecule has 0 spiro atoms. The molecule has 1 N–H and O–H groups in total. The van der Waals surface area contributed by atoms with Crippen molar-refractivity contribution in [1.82, 2.24) is 4.98 Å². The molecule has 118 valence electrons. The van der Waals surface area contributed by atoms with Crippen molar-refractivity contribution in [2.75, 3.05) is 0 Å². The van der Waals surface area contributed by atoms with Crippen LogP contribution in [0.25, 0.3) is 11.1 Å². The maximum Gasteiger partial charge on any atom is 0.0191 e. The van der Waals surface area contributed by atoms with Gasteiger partial charge in [-0.3, -0.25) is 0 Å². The number of rotatable bonds is 3. The summed E-state index contributed by atoms with van der Waals surface area (Å²) in [6, 6.07) is 35.4. The van der Waals surface area contributed by atoms with Crippen LogP contribution >= 0.6 is 0 Å². The Morgan fingerprint density at radius 3 is 1.46 bits per heavy atom. The summed E-state index contributed by atoms with van der Waals surface area (Å²) in [5, 5.41) is 0. The number of benzene rings is 3. The molecule has 24 heavy (non-hydrogen) atoms. The fourth-order valence-corrected chi connectivity index (χ4v) is 2.55. The molecule has 1 heterocycles. The molecule has 0 unspecified atom stereocenters. The molecular weight excluding hydrogens is 290 g/mol. The van der Waals surface area contributed by atoms with Gasteiger partial charge in [0.2, 0.25) is 0 Å². The first kappa shape index (κ1) is 15.8. The van der Waals surface area contributed by atoms with Gasteiger partial charge >= 0.3 is 0 Å². The van der Waals surface area contributed by atoms with Crippen LogP contribution in [0.3, 0.4) is 0 Å². The van der Waals surface area contributed by atoms with Crippen molar-refractivity contribution in [3.63, 3.8) is 0 Å². The molecule has 0 saturated heterocycles. The van der Waals surface area contributed by atoms with Crippen LogP contribution in [0.15, 0.2) is 109 Å². The lowest BCUT2D eigenvalue weighted by molar-refractivity contribution is 1.11. The quantitative estimate of drug-likeness (QED) is 0.480. The van der Waals surface area contributed by atoms with Crippen LogP contribution in [0.1, 0.15) is 11.3 Å². The van der Waals surface area contributed by atoms with Crippen molar-refractivity contribution in [2.24, 2.45) is 0 Å². The van der Waals surface area contributed by atoms with Gasteiger partial charge in [-0.1, -0.05) is 91.0 Å². The average molecular weight is 311 g/mol. The zero-order valence-electron chi connectivity index (χ0n) is 13.6. The first-order valence-corrected chi connectivity index (χ1v) is 8.18. The molecule has 0 saturated carbocycles. The summed E-state index contributed by atoms with van der Waals surface area (Å²) in [6.07, 6.45) is 2.95. The minimum Gasteiger partial charge on any atom is -0.365 e. The van der Waals surface area contributed by atoms with Gasteiger partial charge in [-0.2, -0.15) is 0 Å². The van der Waals surface area contributed by atoms with Crippen molar-refractivity contribution in [2.45, 2.75) is 6.42 Å². The number of nitrogens with one attached hydrogen (secondary N) is 1. The molecule has 0 fully saturated rings. The Kier molecular flexibility index (Phi) is 5.63. The van der Waals surface area contributed by atoms with Gasteiger partial charge < -0.3 is 4.98 Å². The molecule has 1 heteroatoms. The smallest absolute Gasteiger partial charge is 0.0191 e. The van der Waals surface area contributed by atoms with Gasteiger partial charge in [-0.25, -0.2) is 0 Å². The highest BCUT2D eigenvalue weighted by atomic mass is 14.7. The zero-order chi connectivity index (χ0) is 16.5. The summed E-state index contributed by atoms with van der Waals surface area (Å²) in [5.74, 6) is 0. The minimum absolute atomic E-state index is 0.994. The van der Waals surface area contributed by atoms with Crippen LogP contribution in [0.5, 0.6) is 0 Å². The highest BCUT2D eigenvalue weighted by molar-refractivity contribution is 5.62. The van der Waals surface area contributed by atoms with Crippen LogP contribution < -0.4 is 0 Å². The largest absolute Gasteiger partial charge is 0.365 e. The van der Waals surface area contributed by atoms with Crippen LogP contribution in [-0.2, 0) is 6.42 Å². The van der Waals surface area contributed by atoms with Gasteiger partial charge in [0, 0.05) is 18.3 Å². The molecule has 4 aromatic rings. The van der Waals surface area contributed by atoms with Crippen molar-refractivity contribution in [3.05, 3.63) is 121 Å². The third kappa shape index (κ3) is 4.72. The fraction of sp³-hybridized carbons (Fsp3) is 0.0435. The molecule has 0 aliphatic rings. The summed E-state index contributed by atoms with van der Waals surface area (Å²) in [4.78, 5) is 3.19. The topological polar surface area (TPSA) is 15.8 Å². The van der Waals surface area contributed by atoms with E-state index in [1.165, 1.54) is 22.4 Å².